The molecule has 2 N–H and O–H groups in total. The van der Waals surface area contributed by atoms with Crippen LogP contribution < -0.4 is 5.73 Å². The van der Waals surface area contributed by atoms with Crippen LogP contribution in [0.1, 0.15) is 17.5 Å². The van der Waals surface area contributed by atoms with E-state index < -0.39 is 30.2 Å². The van der Waals surface area contributed by atoms with Crippen LogP contribution in [0.25, 0.3) is 0 Å². The second kappa shape index (κ2) is 8.80. The Morgan fingerprint density at radius 3 is 2.70 bits per heavy atom. The monoisotopic (exact) mass is 438 g/mol. The van der Waals surface area contributed by atoms with Crippen molar-refractivity contribution in [3.05, 3.63) is 69.9 Å². The largest absolute Gasteiger partial charge is 0.445 e. The molecular weight excluding hydrogens is 418 g/mol. The summed E-state index contributed by atoms with van der Waals surface area (Å²) in [5.74, 6) is -0.428. The van der Waals surface area contributed by atoms with E-state index in [9.17, 15) is 13.6 Å². The zero-order chi connectivity index (χ0) is 19.4. The minimum atomic E-state index is -1.25. The number of halogens is 3. The number of alkyl halides is 1. The number of benzene rings is 2. The van der Waals surface area contributed by atoms with Gasteiger partial charge in [-0.25, -0.2) is 13.6 Å². The van der Waals surface area contributed by atoms with Gasteiger partial charge in [0.1, 0.15) is 18.6 Å². The van der Waals surface area contributed by atoms with Gasteiger partial charge in [-0.1, -0.05) is 42.5 Å². The van der Waals surface area contributed by atoms with Crippen molar-refractivity contribution in [3.63, 3.8) is 0 Å². The summed E-state index contributed by atoms with van der Waals surface area (Å²) >= 11 is 3.15. The van der Waals surface area contributed by atoms with E-state index in [1.54, 1.807) is 18.2 Å². The highest BCUT2D eigenvalue weighted by atomic mass is 79.9. The summed E-state index contributed by atoms with van der Waals surface area (Å²) in [6, 6.07) is 12.6. The molecular formula is C20H21BrF2N2O2. The summed E-state index contributed by atoms with van der Waals surface area (Å²) in [5.41, 5.74) is 7.26. The van der Waals surface area contributed by atoms with Crippen molar-refractivity contribution in [2.45, 2.75) is 37.7 Å². The second-order valence-electron chi connectivity index (χ2n) is 6.60. The number of rotatable bonds is 4. The van der Waals surface area contributed by atoms with E-state index in [0.29, 0.717) is 10.0 Å². The Morgan fingerprint density at radius 1 is 1.22 bits per heavy atom. The number of nitrogens with zero attached hydrogens (tertiary/aromatic N) is 1. The fourth-order valence-electron chi connectivity index (χ4n) is 3.28. The molecule has 2 aromatic rings. The minimum Gasteiger partial charge on any atom is -0.445 e. The first-order valence-electron chi connectivity index (χ1n) is 8.77. The third-order valence-corrected chi connectivity index (χ3v) is 5.42. The maximum Gasteiger partial charge on any atom is 0.410 e. The quantitative estimate of drug-likeness (QED) is 0.777. The number of nitrogens with two attached hydrogens (primary N) is 1. The fraction of sp³-hybridized carbons (Fsp3) is 0.350. The number of amides is 1. The van der Waals surface area contributed by atoms with Crippen LogP contribution >= 0.6 is 15.9 Å². The van der Waals surface area contributed by atoms with Crippen molar-refractivity contribution in [1.82, 2.24) is 4.90 Å². The van der Waals surface area contributed by atoms with Crippen LogP contribution in [-0.4, -0.2) is 35.8 Å². The number of carbonyl (C=O) groups excluding carboxylic acids is 1. The normalized spacial score (nSPS) is 22.5. The highest BCUT2D eigenvalue weighted by Crippen LogP contribution is 2.26. The van der Waals surface area contributed by atoms with Gasteiger partial charge >= 0.3 is 6.09 Å². The van der Waals surface area contributed by atoms with E-state index in [1.807, 2.05) is 30.3 Å². The van der Waals surface area contributed by atoms with Gasteiger partial charge in [-0.15, -0.1) is 0 Å². The molecule has 3 rings (SSSR count). The SMILES string of the molecule is N[C@H]1[C@@H](F)CCN(C(=O)OCc2ccccc2)[C@H]1Cc1cccc(Br)c1F. The van der Waals surface area contributed by atoms with E-state index in [-0.39, 0.29) is 26.0 Å². The van der Waals surface area contributed by atoms with Crippen LogP contribution in [0.5, 0.6) is 0 Å². The minimum absolute atomic E-state index is 0.114. The van der Waals surface area contributed by atoms with E-state index >= 15 is 0 Å². The molecule has 144 valence electrons. The van der Waals surface area contributed by atoms with Crippen molar-refractivity contribution in [2.75, 3.05) is 6.54 Å². The van der Waals surface area contributed by atoms with Gasteiger partial charge in [0.15, 0.2) is 0 Å². The van der Waals surface area contributed by atoms with Crippen LogP contribution in [0.4, 0.5) is 13.6 Å². The number of hydrogen-bond acceptors (Lipinski definition) is 3. The lowest BCUT2D eigenvalue weighted by atomic mass is 9.90. The average Bonchev–Trinajstić information content (AvgIpc) is 2.68. The molecule has 1 fully saturated rings. The lowest BCUT2D eigenvalue weighted by molar-refractivity contribution is 0.0392. The van der Waals surface area contributed by atoms with Gasteiger partial charge in [0.05, 0.1) is 16.6 Å². The number of carbonyl (C=O) groups is 1. The van der Waals surface area contributed by atoms with Gasteiger partial charge in [0.25, 0.3) is 0 Å². The molecule has 1 saturated heterocycles. The molecule has 0 bridgehead atoms. The summed E-state index contributed by atoms with van der Waals surface area (Å²) in [6.45, 7) is 0.297. The van der Waals surface area contributed by atoms with Gasteiger partial charge in [-0.2, -0.15) is 0 Å². The molecule has 1 heterocycles. The van der Waals surface area contributed by atoms with Crippen LogP contribution in [0.15, 0.2) is 53.0 Å². The van der Waals surface area contributed by atoms with Crippen molar-refractivity contribution in [2.24, 2.45) is 5.73 Å². The molecule has 2 aromatic carbocycles. The highest BCUT2D eigenvalue weighted by molar-refractivity contribution is 9.10. The molecule has 0 aromatic heterocycles. The van der Waals surface area contributed by atoms with Crippen LogP contribution in [-0.2, 0) is 17.8 Å². The second-order valence-corrected chi connectivity index (χ2v) is 7.45. The predicted octanol–water partition coefficient (Wildman–Crippen LogP) is 4.21. The van der Waals surface area contributed by atoms with Crippen LogP contribution in [0, 0.1) is 5.82 Å². The topological polar surface area (TPSA) is 55.6 Å². The Hall–Kier alpha value is -1.99. The van der Waals surface area contributed by atoms with Crippen LogP contribution in [0.2, 0.25) is 0 Å². The van der Waals surface area contributed by atoms with Gasteiger partial charge in [0.2, 0.25) is 0 Å². The first-order valence-corrected chi connectivity index (χ1v) is 9.56. The Kier molecular flexibility index (Phi) is 6.44. The summed E-state index contributed by atoms with van der Waals surface area (Å²) in [7, 11) is 0. The molecule has 0 aliphatic carbocycles. The van der Waals surface area contributed by atoms with E-state index in [2.05, 4.69) is 15.9 Å². The van der Waals surface area contributed by atoms with Gasteiger partial charge in [-0.05, 0) is 46.0 Å². The number of piperidine rings is 1. The van der Waals surface area contributed by atoms with E-state index in [0.717, 1.165) is 5.56 Å². The summed E-state index contributed by atoms with van der Waals surface area (Å²) in [4.78, 5) is 14.0. The molecule has 0 radical (unpaired) electrons. The summed E-state index contributed by atoms with van der Waals surface area (Å²) < 4.78 is 34.3. The molecule has 0 spiro atoms. The zero-order valence-electron chi connectivity index (χ0n) is 14.7. The summed E-state index contributed by atoms with van der Waals surface area (Å²) in [6.07, 6.45) is -1.56. The molecule has 1 aliphatic rings. The molecule has 1 aliphatic heterocycles. The third-order valence-electron chi connectivity index (χ3n) is 4.81. The van der Waals surface area contributed by atoms with Crippen LogP contribution in [0.3, 0.4) is 0 Å². The van der Waals surface area contributed by atoms with Crippen molar-refractivity contribution in [3.8, 4) is 0 Å². The molecule has 7 heteroatoms. The Bertz CT molecular complexity index is 791. The number of likely N-dealkylation sites (tertiary alicyclic amines) is 1. The molecule has 27 heavy (non-hydrogen) atoms. The van der Waals surface area contributed by atoms with Gasteiger partial charge in [0, 0.05) is 6.54 Å². The smallest absolute Gasteiger partial charge is 0.410 e. The first-order chi connectivity index (χ1) is 13.0. The standard InChI is InChI=1S/C20H21BrF2N2O2/c21-15-8-4-7-14(18(15)23)11-17-19(24)16(22)9-10-25(17)20(26)27-12-13-5-2-1-3-6-13/h1-8,16-17,19H,9-12,24H2/t16-,17-,19-/m0/s1. The van der Waals surface area contributed by atoms with Crippen molar-refractivity contribution < 1.29 is 18.3 Å². The summed E-state index contributed by atoms with van der Waals surface area (Å²) in [5, 5.41) is 0. The maximum absolute atomic E-state index is 14.4. The molecule has 3 atom stereocenters. The molecule has 4 nitrogen and oxygen atoms in total. The number of hydrogen-bond donors (Lipinski definition) is 1. The van der Waals surface area contributed by atoms with Crippen molar-refractivity contribution in [1.29, 1.82) is 0 Å². The molecule has 1 amide bonds. The zero-order valence-corrected chi connectivity index (χ0v) is 16.2. The Balaban J connectivity index is 1.75. The van der Waals surface area contributed by atoms with Crippen molar-refractivity contribution >= 4 is 22.0 Å². The predicted molar refractivity (Wildman–Crippen MR) is 102 cm³/mol. The highest BCUT2D eigenvalue weighted by Gasteiger charge is 2.39. The lowest BCUT2D eigenvalue weighted by Crippen LogP contribution is -2.60. The van der Waals surface area contributed by atoms with Gasteiger partial charge in [-0.3, -0.25) is 0 Å². The Morgan fingerprint density at radius 2 is 1.96 bits per heavy atom. The average molecular weight is 439 g/mol. The van der Waals surface area contributed by atoms with E-state index in [1.165, 1.54) is 4.90 Å². The van der Waals surface area contributed by atoms with Gasteiger partial charge < -0.3 is 15.4 Å². The maximum atomic E-state index is 14.4. The molecule has 0 unspecified atom stereocenters. The number of ether oxygens (including phenoxy) is 1. The fourth-order valence-corrected chi connectivity index (χ4v) is 3.68. The van der Waals surface area contributed by atoms with E-state index in [4.69, 9.17) is 10.5 Å². The molecule has 0 saturated carbocycles. The lowest BCUT2D eigenvalue weighted by Gasteiger charge is -2.40. The first kappa shape index (κ1) is 19.8. The third kappa shape index (κ3) is 4.65. The Labute approximate surface area is 165 Å².